The zero-order valence-electron chi connectivity index (χ0n) is 11.8. The number of nitrogens with one attached hydrogen (secondary N) is 2. The van der Waals surface area contributed by atoms with Gasteiger partial charge >= 0.3 is 0 Å². The molecule has 1 aliphatic rings. The molecule has 2 aromatic heterocycles. The van der Waals surface area contributed by atoms with Gasteiger partial charge in [-0.1, -0.05) is 6.07 Å². The number of imidazole rings is 1. The molecule has 2 aromatic rings. The van der Waals surface area contributed by atoms with Gasteiger partial charge in [0.05, 0.1) is 0 Å². The summed E-state index contributed by atoms with van der Waals surface area (Å²) in [6.45, 7) is 4.98. The third kappa shape index (κ3) is 3.17. The lowest BCUT2D eigenvalue weighted by atomic mass is 10.0. The van der Waals surface area contributed by atoms with Crippen LogP contribution in [0.5, 0.6) is 0 Å². The predicted molar refractivity (Wildman–Crippen MR) is 79.6 cm³/mol. The summed E-state index contributed by atoms with van der Waals surface area (Å²) in [6.07, 6.45) is 6.08. The Balaban J connectivity index is 1.47. The number of piperidine rings is 1. The van der Waals surface area contributed by atoms with Gasteiger partial charge in [0.2, 0.25) is 0 Å². The molecule has 5 nitrogen and oxygen atoms in total. The number of hydrogen-bond acceptors (Lipinski definition) is 4. The van der Waals surface area contributed by atoms with Crippen LogP contribution >= 0.6 is 0 Å². The van der Waals surface area contributed by atoms with E-state index in [4.69, 9.17) is 0 Å². The van der Waals surface area contributed by atoms with Crippen molar-refractivity contribution in [2.45, 2.75) is 32.4 Å². The van der Waals surface area contributed by atoms with E-state index in [1.165, 1.54) is 0 Å². The molecule has 3 rings (SSSR count). The van der Waals surface area contributed by atoms with Crippen molar-refractivity contribution in [2.24, 2.45) is 0 Å². The van der Waals surface area contributed by atoms with Gasteiger partial charge in [0.1, 0.15) is 11.6 Å². The first-order chi connectivity index (χ1) is 9.81. The fourth-order valence-corrected chi connectivity index (χ4v) is 2.67. The van der Waals surface area contributed by atoms with Crippen molar-refractivity contribution in [1.82, 2.24) is 20.3 Å². The van der Waals surface area contributed by atoms with Gasteiger partial charge in [0.25, 0.3) is 0 Å². The van der Waals surface area contributed by atoms with Crippen LogP contribution in [0.2, 0.25) is 0 Å². The Morgan fingerprint density at radius 1 is 1.30 bits per heavy atom. The van der Waals surface area contributed by atoms with E-state index in [1.807, 2.05) is 31.5 Å². The molecule has 0 atom stereocenters. The molecule has 5 heteroatoms. The number of aryl methyl sites for hydroxylation is 1. The highest BCUT2D eigenvalue weighted by Crippen LogP contribution is 2.17. The lowest BCUT2D eigenvalue weighted by Crippen LogP contribution is -2.42. The van der Waals surface area contributed by atoms with Crippen molar-refractivity contribution >= 4 is 5.82 Å². The fraction of sp³-hybridized carbons (Fsp3) is 0.467. The molecule has 1 fully saturated rings. The van der Waals surface area contributed by atoms with Gasteiger partial charge in [0.15, 0.2) is 0 Å². The van der Waals surface area contributed by atoms with E-state index in [2.05, 4.69) is 31.2 Å². The van der Waals surface area contributed by atoms with Crippen LogP contribution in [0, 0.1) is 6.92 Å². The van der Waals surface area contributed by atoms with Crippen molar-refractivity contribution < 1.29 is 0 Å². The number of H-pyrrole nitrogens is 1. The smallest absolute Gasteiger partial charge is 0.128 e. The minimum Gasteiger partial charge on any atom is -0.357 e. The van der Waals surface area contributed by atoms with E-state index in [0.29, 0.717) is 6.04 Å². The molecule has 1 saturated heterocycles. The van der Waals surface area contributed by atoms with Crippen LogP contribution < -0.4 is 10.2 Å². The molecule has 0 unspecified atom stereocenters. The van der Waals surface area contributed by atoms with Crippen molar-refractivity contribution in [3.05, 3.63) is 42.1 Å². The highest BCUT2D eigenvalue weighted by molar-refractivity contribution is 5.38. The lowest BCUT2D eigenvalue weighted by Gasteiger charge is -2.33. The van der Waals surface area contributed by atoms with Gasteiger partial charge < -0.3 is 15.2 Å². The summed E-state index contributed by atoms with van der Waals surface area (Å²) in [7, 11) is 0. The predicted octanol–water partition coefficient (Wildman–Crippen LogP) is 1.87. The monoisotopic (exact) mass is 271 g/mol. The summed E-state index contributed by atoms with van der Waals surface area (Å²) in [6, 6.07) is 6.68. The number of nitrogens with zero attached hydrogens (tertiary/aromatic N) is 3. The first kappa shape index (κ1) is 13.1. The van der Waals surface area contributed by atoms with Crippen LogP contribution in [0.1, 0.15) is 24.4 Å². The SMILES string of the molecule is Cc1ncc(CNC2CCN(c3ccccn3)CC2)[nH]1. The Hall–Kier alpha value is -1.88. The largest absolute Gasteiger partial charge is 0.357 e. The Morgan fingerprint density at radius 2 is 2.15 bits per heavy atom. The van der Waals surface area contributed by atoms with Crippen molar-refractivity contribution in [2.75, 3.05) is 18.0 Å². The minimum atomic E-state index is 0.582. The standard InChI is InChI=1S/C15H21N5/c1-12-17-10-14(19-12)11-18-13-5-8-20(9-6-13)15-4-2-3-7-16-15/h2-4,7,10,13,18H,5-6,8-9,11H2,1H3,(H,17,19). The van der Waals surface area contributed by atoms with Gasteiger partial charge in [-0.3, -0.25) is 0 Å². The molecule has 106 valence electrons. The van der Waals surface area contributed by atoms with E-state index in [1.54, 1.807) is 0 Å². The van der Waals surface area contributed by atoms with Gasteiger partial charge in [-0.25, -0.2) is 9.97 Å². The van der Waals surface area contributed by atoms with Crippen molar-refractivity contribution in [3.8, 4) is 0 Å². The molecule has 20 heavy (non-hydrogen) atoms. The second kappa shape index (κ2) is 6.05. The van der Waals surface area contributed by atoms with Crippen molar-refractivity contribution in [1.29, 1.82) is 0 Å². The lowest BCUT2D eigenvalue weighted by molar-refractivity contribution is 0.411. The number of rotatable bonds is 4. The van der Waals surface area contributed by atoms with E-state index in [0.717, 1.165) is 49.8 Å². The maximum absolute atomic E-state index is 4.42. The highest BCUT2D eigenvalue weighted by Gasteiger charge is 2.19. The van der Waals surface area contributed by atoms with Crippen LogP contribution in [-0.2, 0) is 6.54 Å². The summed E-state index contributed by atoms with van der Waals surface area (Å²) < 4.78 is 0. The number of anilines is 1. The minimum absolute atomic E-state index is 0.582. The topological polar surface area (TPSA) is 56.8 Å². The fourth-order valence-electron chi connectivity index (χ4n) is 2.67. The van der Waals surface area contributed by atoms with Gasteiger partial charge in [0, 0.05) is 43.8 Å². The van der Waals surface area contributed by atoms with E-state index < -0.39 is 0 Å². The molecule has 3 heterocycles. The molecule has 0 amide bonds. The quantitative estimate of drug-likeness (QED) is 0.891. The summed E-state index contributed by atoms with van der Waals surface area (Å²) >= 11 is 0. The first-order valence-electron chi connectivity index (χ1n) is 7.21. The van der Waals surface area contributed by atoms with E-state index in [9.17, 15) is 0 Å². The maximum atomic E-state index is 4.42. The van der Waals surface area contributed by atoms with Crippen LogP contribution in [0.25, 0.3) is 0 Å². The van der Waals surface area contributed by atoms with Crippen LogP contribution in [0.15, 0.2) is 30.6 Å². The van der Waals surface area contributed by atoms with Crippen LogP contribution in [0.3, 0.4) is 0 Å². The average molecular weight is 271 g/mol. The Kier molecular flexibility index (Phi) is 3.97. The number of hydrogen-bond donors (Lipinski definition) is 2. The molecular formula is C15H21N5. The third-order valence-corrected chi connectivity index (χ3v) is 3.80. The Labute approximate surface area is 119 Å². The maximum Gasteiger partial charge on any atom is 0.128 e. The average Bonchev–Trinajstić information content (AvgIpc) is 2.92. The molecule has 0 saturated carbocycles. The van der Waals surface area contributed by atoms with Gasteiger partial charge in [-0.15, -0.1) is 0 Å². The van der Waals surface area contributed by atoms with Crippen molar-refractivity contribution in [3.63, 3.8) is 0 Å². The molecule has 0 spiro atoms. The van der Waals surface area contributed by atoms with E-state index in [-0.39, 0.29) is 0 Å². The number of aromatic amines is 1. The summed E-state index contributed by atoms with van der Waals surface area (Å²) in [5, 5.41) is 3.60. The Morgan fingerprint density at radius 3 is 2.80 bits per heavy atom. The zero-order chi connectivity index (χ0) is 13.8. The second-order valence-corrected chi connectivity index (χ2v) is 5.32. The second-order valence-electron chi connectivity index (χ2n) is 5.32. The highest BCUT2D eigenvalue weighted by atomic mass is 15.2. The molecule has 1 aliphatic heterocycles. The molecular weight excluding hydrogens is 250 g/mol. The van der Waals surface area contributed by atoms with E-state index >= 15 is 0 Å². The summed E-state index contributed by atoms with van der Waals surface area (Å²) in [5.41, 5.74) is 1.16. The summed E-state index contributed by atoms with van der Waals surface area (Å²) in [5.74, 6) is 2.07. The number of pyridine rings is 1. The molecule has 2 N–H and O–H groups in total. The molecule has 0 aliphatic carbocycles. The molecule has 0 bridgehead atoms. The van der Waals surface area contributed by atoms with Gasteiger partial charge in [-0.05, 0) is 31.9 Å². The Bertz CT molecular complexity index is 528. The zero-order valence-corrected chi connectivity index (χ0v) is 11.8. The summed E-state index contributed by atoms with van der Waals surface area (Å²) in [4.78, 5) is 14.3. The van der Waals surface area contributed by atoms with Crippen LogP contribution in [0.4, 0.5) is 5.82 Å². The first-order valence-corrected chi connectivity index (χ1v) is 7.21. The molecule has 0 radical (unpaired) electrons. The van der Waals surface area contributed by atoms with Crippen LogP contribution in [-0.4, -0.2) is 34.1 Å². The normalized spacial score (nSPS) is 16.6. The third-order valence-electron chi connectivity index (χ3n) is 3.80. The number of aromatic nitrogens is 3. The molecule has 0 aromatic carbocycles. The van der Waals surface area contributed by atoms with Gasteiger partial charge in [-0.2, -0.15) is 0 Å².